The van der Waals surface area contributed by atoms with Crippen molar-refractivity contribution in [1.82, 2.24) is 0 Å². The monoisotopic (exact) mass is 262 g/mol. The Bertz CT molecular complexity index is 582. The number of rotatable bonds is 3. The second kappa shape index (κ2) is 5.36. The first-order valence-electron chi connectivity index (χ1n) is 6.04. The highest BCUT2D eigenvalue weighted by Gasteiger charge is 2.14. The van der Waals surface area contributed by atoms with Gasteiger partial charge in [0.05, 0.1) is 11.4 Å². The number of halogens is 2. The molecule has 0 fully saturated rings. The van der Waals surface area contributed by atoms with E-state index in [0.29, 0.717) is 16.9 Å². The van der Waals surface area contributed by atoms with Crippen molar-refractivity contribution >= 4 is 11.4 Å². The van der Waals surface area contributed by atoms with E-state index < -0.39 is 5.82 Å². The molecule has 0 unspecified atom stereocenters. The van der Waals surface area contributed by atoms with Crippen molar-refractivity contribution in [3.05, 3.63) is 59.7 Å². The first kappa shape index (κ1) is 13.5. The third kappa shape index (κ3) is 2.74. The molecule has 0 aliphatic rings. The van der Waals surface area contributed by atoms with Crippen molar-refractivity contribution in [2.75, 3.05) is 11.9 Å². The van der Waals surface area contributed by atoms with Gasteiger partial charge < -0.3 is 10.6 Å². The molecular weight excluding hydrogens is 246 g/mol. The van der Waals surface area contributed by atoms with Crippen LogP contribution in [0.3, 0.4) is 0 Å². The maximum Gasteiger partial charge on any atom is 0.147 e. The number of nitrogens with two attached hydrogens (primary N) is 1. The lowest BCUT2D eigenvalue weighted by atomic mass is 10.1. The van der Waals surface area contributed by atoms with Crippen LogP contribution >= 0.6 is 0 Å². The molecule has 0 saturated heterocycles. The van der Waals surface area contributed by atoms with Crippen LogP contribution in [0, 0.1) is 11.6 Å². The highest BCUT2D eigenvalue weighted by molar-refractivity contribution is 5.63. The first-order chi connectivity index (χ1) is 9.00. The van der Waals surface area contributed by atoms with E-state index in [1.165, 1.54) is 17.0 Å². The Kier molecular flexibility index (Phi) is 3.81. The molecule has 0 aliphatic heterocycles. The van der Waals surface area contributed by atoms with Crippen LogP contribution in [0.2, 0.25) is 0 Å². The molecule has 0 radical (unpaired) electrons. The third-order valence-electron chi connectivity index (χ3n) is 3.07. The summed E-state index contributed by atoms with van der Waals surface area (Å²) in [7, 11) is 1.63. The minimum Gasteiger partial charge on any atom is -0.340 e. The van der Waals surface area contributed by atoms with Gasteiger partial charge in [-0.2, -0.15) is 0 Å². The molecule has 0 bridgehead atoms. The van der Waals surface area contributed by atoms with Gasteiger partial charge in [0.15, 0.2) is 0 Å². The van der Waals surface area contributed by atoms with Crippen LogP contribution in [0.4, 0.5) is 20.2 Å². The van der Waals surface area contributed by atoms with Gasteiger partial charge in [-0.05, 0) is 36.8 Å². The van der Waals surface area contributed by atoms with Gasteiger partial charge in [0.2, 0.25) is 0 Å². The van der Waals surface area contributed by atoms with Crippen molar-refractivity contribution in [3.63, 3.8) is 0 Å². The summed E-state index contributed by atoms with van der Waals surface area (Å²) in [6, 6.07) is 10.8. The molecule has 2 nitrogen and oxygen atoms in total. The fourth-order valence-corrected chi connectivity index (χ4v) is 1.93. The molecule has 0 heterocycles. The standard InChI is InChI=1S/C15H16F2N2/c1-10(18)11-7-8-15(13(17)9-11)19(2)14-6-4-3-5-12(14)16/h3-10H,18H2,1-2H3/t10-/m0/s1. The van der Waals surface area contributed by atoms with E-state index in [4.69, 9.17) is 5.73 Å². The molecular formula is C15H16F2N2. The van der Waals surface area contributed by atoms with E-state index in [1.807, 2.05) is 0 Å². The highest BCUT2D eigenvalue weighted by Crippen LogP contribution is 2.29. The summed E-state index contributed by atoms with van der Waals surface area (Å²) in [6.07, 6.45) is 0. The molecule has 0 saturated carbocycles. The van der Waals surface area contributed by atoms with Gasteiger partial charge in [-0.25, -0.2) is 8.78 Å². The number of hydrogen-bond acceptors (Lipinski definition) is 2. The van der Waals surface area contributed by atoms with Gasteiger partial charge in [-0.15, -0.1) is 0 Å². The van der Waals surface area contributed by atoms with Gasteiger partial charge in [0, 0.05) is 13.1 Å². The minimum absolute atomic E-state index is 0.234. The predicted octanol–water partition coefficient (Wildman–Crippen LogP) is 3.75. The Labute approximate surface area is 111 Å². The van der Waals surface area contributed by atoms with Crippen molar-refractivity contribution in [3.8, 4) is 0 Å². The van der Waals surface area contributed by atoms with Crippen LogP contribution in [-0.4, -0.2) is 7.05 Å². The van der Waals surface area contributed by atoms with Crippen LogP contribution < -0.4 is 10.6 Å². The Morgan fingerprint density at radius 2 is 1.63 bits per heavy atom. The average molecular weight is 262 g/mol. The highest BCUT2D eigenvalue weighted by atomic mass is 19.1. The average Bonchev–Trinajstić information content (AvgIpc) is 2.38. The molecule has 100 valence electrons. The fraction of sp³-hybridized carbons (Fsp3) is 0.200. The summed E-state index contributed by atoms with van der Waals surface area (Å²) >= 11 is 0. The molecule has 0 aromatic heterocycles. The lowest BCUT2D eigenvalue weighted by molar-refractivity contribution is 0.614. The lowest BCUT2D eigenvalue weighted by Crippen LogP contribution is -2.14. The first-order valence-corrected chi connectivity index (χ1v) is 6.04. The summed E-state index contributed by atoms with van der Waals surface area (Å²) in [5.41, 5.74) is 7.06. The second-order valence-corrected chi connectivity index (χ2v) is 4.51. The van der Waals surface area contributed by atoms with Gasteiger partial charge in [-0.1, -0.05) is 18.2 Å². The lowest BCUT2D eigenvalue weighted by Gasteiger charge is -2.21. The molecule has 19 heavy (non-hydrogen) atoms. The normalized spacial score (nSPS) is 12.3. The zero-order valence-electron chi connectivity index (χ0n) is 10.9. The SMILES string of the molecule is C[C@H](N)c1ccc(N(C)c2ccccc2F)c(F)c1. The molecule has 2 aromatic rings. The summed E-state index contributed by atoms with van der Waals surface area (Å²) in [5, 5.41) is 0. The second-order valence-electron chi connectivity index (χ2n) is 4.51. The van der Waals surface area contributed by atoms with E-state index >= 15 is 0 Å². The zero-order chi connectivity index (χ0) is 14.0. The third-order valence-corrected chi connectivity index (χ3v) is 3.07. The molecule has 0 aliphatic carbocycles. The van der Waals surface area contributed by atoms with Crippen LogP contribution in [0.5, 0.6) is 0 Å². The summed E-state index contributed by atoms with van der Waals surface area (Å²) < 4.78 is 27.7. The molecule has 0 amide bonds. The maximum atomic E-state index is 14.1. The van der Waals surface area contributed by atoms with Crippen LogP contribution in [0.1, 0.15) is 18.5 Å². The summed E-state index contributed by atoms with van der Waals surface area (Å²) in [5.74, 6) is -0.804. The van der Waals surface area contributed by atoms with Crippen LogP contribution in [0.25, 0.3) is 0 Å². The Hall–Kier alpha value is -1.94. The Balaban J connectivity index is 2.40. The predicted molar refractivity (Wildman–Crippen MR) is 73.5 cm³/mol. The van der Waals surface area contributed by atoms with Crippen LogP contribution in [0.15, 0.2) is 42.5 Å². The number of benzene rings is 2. The Morgan fingerprint density at radius 1 is 1.00 bits per heavy atom. The molecule has 2 N–H and O–H groups in total. The van der Waals surface area contributed by atoms with E-state index in [0.717, 1.165) is 0 Å². The zero-order valence-corrected chi connectivity index (χ0v) is 10.9. The summed E-state index contributed by atoms with van der Waals surface area (Å²) in [4.78, 5) is 1.48. The van der Waals surface area contributed by atoms with Gasteiger partial charge in [0.1, 0.15) is 11.6 Å². The van der Waals surface area contributed by atoms with Gasteiger partial charge in [-0.3, -0.25) is 0 Å². The van der Waals surface area contributed by atoms with Crippen molar-refractivity contribution in [2.24, 2.45) is 5.73 Å². The van der Waals surface area contributed by atoms with E-state index in [-0.39, 0.29) is 11.9 Å². The molecule has 2 aromatic carbocycles. The smallest absolute Gasteiger partial charge is 0.147 e. The molecule has 2 rings (SSSR count). The largest absolute Gasteiger partial charge is 0.340 e. The number of nitrogens with zero attached hydrogens (tertiary/aromatic N) is 1. The van der Waals surface area contributed by atoms with Gasteiger partial charge >= 0.3 is 0 Å². The fourth-order valence-electron chi connectivity index (χ4n) is 1.93. The van der Waals surface area contributed by atoms with Crippen molar-refractivity contribution in [1.29, 1.82) is 0 Å². The quantitative estimate of drug-likeness (QED) is 0.912. The molecule has 0 spiro atoms. The van der Waals surface area contributed by atoms with Crippen LogP contribution in [-0.2, 0) is 0 Å². The van der Waals surface area contributed by atoms with Crippen molar-refractivity contribution < 1.29 is 8.78 Å². The Morgan fingerprint density at radius 3 is 2.21 bits per heavy atom. The molecule has 4 heteroatoms. The van der Waals surface area contributed by atoms with Crippen molar-refractivity contribution in [2.45, 2.75) is 13.0 Å². The number of anilines is 2. The number of hydrogen-bond donors (Lipinski definition) is 1. The van der Waals surface area contributed by atoms with E-state index in [9.17, 15) is 8.78 Å². The topological polar surface area (TPSA) is 29.3 Å². The maximum absolute atomic E-state index is 14.1. The van der Waals surface area contributed by atoms with E-state index in [1.54, 1.807) is 44.3 Å². The number of para-hydroxylation sites is 1. The van der Waals surface area contributed by atoms with E-state index in [2.05, 4.69) is 0 Å². The minimum atomic E-state index is -0.416. The molecule has 1 atom stereocenters. The summed E-state index contributed by atoms with van der Waals surface area (Å²) in [6.45, 7) is 1.79. The van der Waals surface area contributed by atoms with Gasteiger partial charge in [0.25, 0.3) is 0 Å².